The molecule has 0 aliphatic carbocycles. The van der Waals surface area contributed by atoms with Gasteiger partial charge in [-0.05, 0) is 71.2 Å². The normalized spacial score (nSPS) is 12.9. The number of alkyl carbamates (subject to hydrolysis) is 1. The van der Waals surface area contributed by atoms with E-state index in [0.29, 0.717) is 12.1 Å². The number of hydrogen-bond donors (Lipinski definition) is 3. The molecule has 220 valence electrons. The molecule has 0 radical (unpaired) electrons. The largest absolute Gasteiger partial charge is 0.508 e. The van der Waals surface area contributed by atoms with Gasteiger partial charge in [0.05, 0.1) is 0 Å². The highest BCUT2D eigenvalue weighted by Crippen LogP contribution is 2.25. The van der Waals surface area contributed by atoms with Crippen molar-refractivity contribution in [1.29, 1.82) is 0 Å². The maximum Gasteiger partial charge on any atom is 0.408 e. The van der Waals surface area contributed by atoms with Crippen molar-refractivity contribution in [3.8, 4) is 5.75 Å². The number of aromatic hydroxyl groups is 1. The molecule has 0 heterocycles. The minimum atomic E-state index is -0.995. The maximum absolute atomic E-state index is 14.4. The van der Waals surface area contributed by atoms with Gasteiger partial charge in [0, 0.05) is 19.0 Å². The molecule has 8 heteroatoms. The monoisotopic (exact) mass is 553 g/mol. The Bertz CT molecular complexity index is 1090. The summed E-state index contributed by atoms with van der Waals surface area (Å²) in [6, 6.07) is 12.1. The molecule has 2 rings (SSSR count). The average Bonchev–Trinajstić information content (AvgIpc) is 2.85. The van der Waals surface area contributed by atoms with Crippen molar-refractivity contribution in [2.75, 3.05) is 6.54 Å². The lowest BCUT2D eigenvalue weighted by Gasteiger charge is -2.35. The van der Waals surface area contributed by atoms with E-state index in [1.54, 1.807) is 37.8 Å². The number of aryl methyl sites for hydroxylation is 1. The van der Waals surface area contributed by atoms with E-state index in [1.807, 2.05) is 45.0 Å². The minimum Gasteiger partial charge on any atom is -0.508 e. The smallest absolute Gasteiger partial charge is 0.408 e. The van der Waals surface area contributed by atoms with Crippen molar-refractivity contribution in [2.24, 2.45) is 0 Å². The standard InChI is InChI=1S/C32H47N3O5/c1-8-9-10-11-20-35(28(29(37)33-22(2)3)25-16-12-23(4)13-17-25)30(38)27(34-31(39)40-32(5,6)7)21-24-14-18-26(36)19-15-24/h12-19,22,27-28,36H,8-11,20-21H2,1-7H3,(H,33,37)(H,34,39). The fourth-order valence-electron chi connectivity index (χ4n) is 4.38. The van der Waals surface area contributed by atoms with Crippen molar-refractivity contribution < 1.29 is 24.2 Å². The molecule has 0 bridgehead atoms. The Morgan fingerprint density at radius 2 is 1.55 bits per heavy atom. The quantitative estimate of drug-likeness (QED) is 0.271. The summed E-state index contributed by atoms with van der Waals surface area (Å²) >= 11 is 0. The fraction of sp³-hybridized carbons (Fsp3) is 0.531. The predicted octanol–water partition coefficient (Wildman–Crippen LogP) is 5.81. The Morgan fingerprint density at radius 3 is 2.10 bits per heavy atom. The Kier molecular flexibility index (Phi) is 12.5. The first-order valence-corrected chi connectivity index (χ1v) is 14.3. The molecule has 3 N–H and O–H groups in total. The van der Waals surface area contributed by atoms with Gasteiger partial charge in [-0.25, -0.2) is 4.79 Å². The summed E-state index contributed by atoms with van der Waals surface area (Å²) < 4.78 is 5.49. The van der Waals surface area contributed by atoms with Crippen LogP contribution in [0.5, 0.6) is 5.75 Å². The molecule has 40 heavy (non-hydrogen) atoms. The van der Waals surface area contributed by atoms with Crippen LogP contribution in [0.15, 0.2) is 48.5 Å². The van der Waals surface area contributed by atoms with Crippen LogP contribution in [0.3, 0.4) is 0 Å². The Balaban J connectivity index is 2.54. The van der Waals surface area contributed by atoms with E-state index in [9.17, 15) is 19.5 Å². The van der Waals surface area contributed by atoms with Crippen molar-refractivity contribution in [3.05, 3.63) is 65.2 Å². The van der Waals surface area contributed by atoms with Gasteiger partial charge < -0.3 is 25.4 Å². The first-order chi connectivity index (χ1) is 18.8. The number of ether oxygens (including phenoxy) is 1. The lowest BCUT2D eigenvalue weighted by atomic mass is 9.98. The number of carbonyl (C=O) groups excluding carboxylic acids is 3. The summed E-state index contributed by atoms with van der Waals surface area (Å²) in [6.07, 6.45) is 3.13. The molecule has 0 fully saturated rings. The maximum atomic E-state index is 14.4. The molecule has 2 aromatic carbocycles. The Morgan fingerprint density at radius 1 is 0.925 bits per heavy atom. The van der Waals surface area contributed by atoms with Crippen LogP contribution in [-0.4, -0.2) is 52.1 Å². The number of benzene rings is 2. The highest BCUT2D eigenvalue weighted by molar-refractivity contribution is 5.92. The Hall–Kier alpha value is -3.55. The summed E-state index contributed by atoms with van der Waals surface area (Å²) in [7, 11) is 0. The van der Waals surface area contributed by atoms with Crippen LogP contribution in [0.1, 0.15) is 90.0 Å². The van der Waals surface area contributed by atoms with E-state index in [2.05, 4.69) is 17.6 Å². The number of unbranched alkanes of at least 4 members (excludes halogenated alkanes) is 3. The molecule has 0 aromatic heterocycles. The van der Waals surface area contributed by atoms with Crippen LogP contribution < -0.4 is 10.6 Å². The third-order valence-corrected chi connectivity index (χ3v) is 6.28. The van der Waals surface area contributed by atoms with Gasteiger partial charge in [0.2, 0.25) is 11.8 Å². The molecule has 3 amide bonds. The first kappa shape index (κ1) is 32.7. The number of nitrogens with zero attached hydrogens (tertiary/aromatic N) is 1. The van der Waals surface area contributed by atoms with Crippen LogP contribution in [0.2, 0.25) is 0 Å². The first-order valence-electron chi connectivity index (χ1n) is 14.3. The zero-order chi connectivity index (χ0) is 29.9. The molecule has 2 aromatic rings. The summed E-state index contributed by atoms with van der Waals surface area (Å²) in [4.78, 5) is 42.5. The number of amides is 3. The topological polar surface area (TPSA) is 108 Å². The van der Waals surface area contributed by atoms with Gasteiger partial charge in [-0.2, -0.15) is 0 Å². The van der Waals surface area contributed by atoms with E-state index >= 15 is 0 Å². The van der Waals surface area contributed by atoms with Gasteiger partial charge in [-0.1, -0.05) is 68.1 Å². The van der Waals surface area contributed by atoms with Crippen molar-refractivity contribution in [1.82, 2.24) is 15.5 Å². The molecular weight excluding hydrogens is 506 g/mol. The molecular formula is C32H47N3O5. The summed E-state index contributed by atoms with van der Waals surface area (Å²) in [5.41, 5.74) is 1.74. The second kappa shape index (κ2) is 15.3. The molecule has 0 aliphatic heterocycles. The molecule has 0 saturated carbocycles. The third-order valence-electron chi connectivity index (χ3n) is 6.28. The second-order valence-electron chi connectivity index (χ2n) is 11.6. The lowest BCUT2D eigenvalue weighted by Crippen LogP contribution is -2.54. The highest BCUT2D eigenvalue weighted by atomic mass is 16.6. The second-order valence-corrected chi connectivity index (χ2v) is 11.6. The molecule has 0 saturated heterocycles. The lowest BCUT2D eigenvalue weighted by molar-refractivity contribution is -0.142. The van der Waals surface area contributed by atoms with Crippen molar-refractivity contribution in [2.45, 2.75) is 104 Å². The molecule has 8 nitrogen and oxygen atoms in total. The van der Waals surface area contributed by atoms with Gasteiger partial charge in [0.1, 0.15) is 23.4 Å². The number of rotatable bonds is 13. The van der Waals surface area contributed by atoms with Crippen LogP contribution >= 0.6 is 0 Å². The van der Waals surface area contributed by atoms with Crippen LogP contribution in [-0.2, 0) is 20.7 Å². The van der Waals surface area contributed by atoms with Crippen LogP contribution in [0.25, 0.3) is 0 Å². The average molecular weight is 554 g/mol. The molecule has 0 aliphatic rings. The summed E-state index contributed by atoms with van der Waals surface area (Å²) in [5.74, 6) is -0.544. The third kappa shape index (κ3) is 10.9. The van der Waals surface area contributed by atoms with E-state index in [0.717, 1.165) is 36.8 Å². The van der Waals surface area contributed by atoms with Crippen LogP contribution in [0, 0.1) is 6.92 Å². The van der Waals surface area contributed by atoms with Gasteiger partial charge in [-0.15, -0.1) is 0 Å². The zero-order valence-corrected chi connectivity index (χ0v) is 25.1. The Labute approximate surface area is 239 Å². The van der Waals surface area contributed by atoms with Crippen LogP contribution in [0.4, 0.5) is 4.79 Å². The number of carbonyl (C=O) groups is 3. The molecule has 0 spiro atoms. The van der Waals surface area contributed by atoms with E-state index in [-0.39, 0.29) is 30.0 Å². The number of nitrogens with one attached hydrogen (secondary N) is 2. The molecule has 2 atom stereocenters. The summed E-state index contributed by atoms with van der Waals surface area (Å²) in [6.45, 7) is 13.5. The predicted molar refractivity (Wildman–Crippen MR) is 158 cm³/mol. The minimum absolute atomic E-state index is 0.106. The van der Waals surface area contributed by atoms with Gasteiger partial charge in [-0.3, -0.25) is 9.59 Å². The number of hydrogen-bond acceptors (Lipinski definition) is 5. The van der Waals surface area contributed by atoms with Gasteiger partial charge >= 0.3 is 6.09 Å². The van der Waals surface area contributed by atoms with E-state index in [1.165, 1.54) is 12.1 Å². The van der Waals surface area contributed by atoms with Crippen molar-refractivity contribution in [3.63, 3.8) is 0 Å². The SMILES string of the molecule is CCCCCCN(C(=O)C(Cc1ccc(O)cc1)NC(=O)OC(C)(C)C)C(C(=O)NC(C)C)c1ccc(C)cc1. The zero-order valence-electron chi connectivity index (χ0n) is 25.1. The highest BCUT2D eigenvalue weighted by Gasteiger charge is 2.36. The van der Waals surface area contributed by atoms with E-state index < -0.39 is 23.8 Å². The van der Waals surface area contributed by atoms with Crippen molar-refractivity contribution >= 4 is 17.9 Å². The molecule has 2 unspecified atom stereocenters. The fourth-order valence-corrected chi connectivity index (χ4v) is 4.38. The number of phenolic OH excluding ortho intramolecular Hbond substituents is 1. The van der Waals surface area contributed by atoms with Gasteiger partial charge in [0.15, 0.2) is 0 Å². The van der Waals surface area contributed by atoms with E-state index in [4.69, 9.17) is 4.74 Å². The summed E-state index contributed by atoms with van der Waals surface area (Å²) in [5, 5.41) is 15.5. The number of phenols is 1. The van der Waals surface area contributed by atoms with Gasteiger partial charge in [0.25, 0.3) is 0 Å².